The Labute approximate surface area is 109 Å². The number of aryl methyl sites for hydroxylation is 1. The number of hydrogen-bond donors (Lipinski definition) is 2. The van der Waals surface area contributed by atoms with Gasteiger partial charge in [-0.1, -0.05) is 17.7 Å². The Hall–Kier alpha value is -2.70. The smallest absolute Gasteiger partial charge is 0.375 e. The fourth-order valence-electron chi connectivity index (χ4n) is 1.47. The first kappa shape index (κ1) is 12.7. The van der Waals surface area contributed by atoms with E-state index >= 15 is 0 Å². The predicted octanol–water partition coefficient (Wildman–Crippen LogP) is 1.15. The van der Waals surface area contributed by atoms with Gasteiger partial charge in [0.2, 0.25) is 11.8 Å². The third kappa shape index (κ3) is 2.95. The highest BCUT2D eigenvalue weighted by molar-refractivity contribution is 6.03. The largest absolute Gasteiger partial charge is 0.463 e. The van der Waals surface area contributed by atoms with Crippen molar-refractivity contribution in [1.29, 1.82) is 0 Å². The molecule has 0 aliphatic carbocycles. The summed E-state index contributed by atoms with van der Waals surface area (Å²) in [4.78, 5) is 26.8. The topological polar surface area (TPSA) is 97.0 Å². The Morgan fingerprint density at radius 2 is 2.16 bits per heavy atom. The van der Waals surface area contributed by atoms with Crippen molar-refractivity contribution in [2.24, 2.45) is 0 Å². The van der Waals surface area contributed by atoms with Gasteiger partial charge < -0.3 is 4.74 Å². The summed E-state index contributed by atoms with van der Waals surface area (Å²) in [6.07, 6.45) is 0. The Bertz CT molecular complexity index is 621. The average molecular weight is 260 g/mol. The highest BCUT2D eigenvalue weighted by atomic mass is 16.5. The third-order valence-corrected chi connectivity index (χ3v) is 2.37. The van der Waals surface area contributed by atoms with Crippen molar-refractivity contribution in [3.05, 3.63) is 41.2 Å². The van der Waals surface area contributed by atoms with Gasteiger partial charge in [0.05, 0.1) is 7.11 Å². The molecule has 0 spiro atoms. The molecule has 0 radical (unpaired) electrons. The number of methoxy groups -OCH3 is 1. The fourth-order valence-corrected chi connectivity index (χ4v) is 1.47. The molecule has 0 atom stereocenters. The van der Waals surface area contributed by atoms with Crippen LogP contribution in [0.5, 0.6) is 0 Å². The summed E-state index contributed by atoms with van der Waals surface area (Å²) in [7, 11) is 1.23. The number of anilines is 1. The Morgan fingerprint density at radius 3 is 2.84 bits per heavy atom. The molecule has 7 nitrogen and oxygen atoms in total. The van der Waals surface area contributed by atoms with E-state index in [0.717, 1.165) is 5.56 Å². The monoisotopic (exact) mass is 260 g/mol. The minimum absolute atomic E-state index is 0.0203. The third-order valence-electron chi connectivity index (χ3n) is 2.37. The summed E-state index contributed by atoms with van der Waals surface area (Å²) >= 11 is 0. The summed E-state index contributed by atoms with van der Waals surface area (Å²) in [6, 6.07) is 7.08. The zero-order valence-electron chi connectivity index (χ0n) is 10.4. The molecular weight excluding hydrogens is 248 g/mol. The lowest BCUT2D eigenvalue weighted by atomic mass is 10.1. The van der Waals surface area contributed by atoms with Crippen molar-refractivity contribution < 1.29 is 14.3 Å². The van der Waals surface area contributed by atoms with E-state index in [1.807, 2.05) is 13.0 Å². The first-order valence-electron chi connectivity index (χ1n) is 5.49. The molecule has 2 rings (SSSR count). The molecule has 0 saturated heterocycles. The van der Waals surface area contributed by atoms with Crippen LogP contribution in [0.15, 0.2) is 24.3 Å². The highest BCUT2D eigenvalue weighted by Gasteiger charge is 2.14. The number of nitrogens with one attached hydrogen (secondary N) is 2. The standard InChI is InChI=1S/C12H12N4O3/c1-7-4-3-5-8(6-7)10(17)14-12-13-9(15-16-12)11(18)19-2/h3-6H,1-2H3,(H2,13,14,15,16,17). The lowest BCUT2D eigenvalue weighted by Gasteiger charge is -2.01. The summed E-state index contributed by atoms with van der Waals surface area (Å²) in [6.45, 7) is 1.89. The molecule has 0 aliphatic rings. The maximum Gasteiger partial charge on any atom is 0.375 e. The van der Waals surface area contributed by atoms with Crippen LogP contribution in [0.2, 0.25) is 0 Å². The van der Waals surface area contributed by atoms with Gasteiger partial charge in [0.1, 0.15) is 0 Å². The molecule has 1 amide bonds. The maximum absolute atomic E-state index is 11.9. The number of carbonyl (C=O) groups is 2. The van der Waals surface area contributed by atoms with Crippen molar-refractivity contribution in [3.8, 4) is 0 Å². The number of amides is 1. The van der Waals surface area contributed by atoms with E-state index in [4.69, 9.17) is 0 Å². The van der Waals surface area contributed by atoms with Crippen LogP contribution in [0.1, 0.15) is 26.5 Å². The van der Waals surface area contributed by atoms with Crippen molar-refractivity contribution in [3.63, 3.8) is 0 Å². The number of benzene rings is 1. The molecule has 19 heavy (non-hydrogen) atoms. The van der Waals surface area contributed by atoms with Gasteiger partial charge in [-0.05, 0) is 19.1 Å². The van der Waals surface area contributed by atoms with Crippen LogP contribution in [0.25, 0.3) is 0 Å². The minimum atomic E-state index is -0.649. The number of ether oxygens (including phenoxy) is 1. The minimum Gasteiger partial charge on any atom is -0.463 e. The molecular formula is C12H12N4O3. The lowest BCUT2D eigenvalue weighted by Crippen LogP contribution is -2.13. The van der Waals surface area contributed by atoms with E-state index in [9.17, 15) is 9.59 Å². The summed E-state index contributed by atoms with van der Waals surface area (Å²) in [5.74, 6) is -1.04. The van der Waals surface area contributed by atoms with Crippen LogP contribution in [-0.2, 0) is 4.74 Å². The van der Waals surface area contributed by atoms with E-state index in [1.165, 1.54) is 7.11 Å². The molecule has 7 heteroatoms. The van der Waals surface area contributed by atoms with Crippen molar-refractivity contribution >= 4 is 17.8 Å². The van der Waals surface area contributed by atoms with E-state index in [0.29, 0.717) is 5.56 Å². The molecule has 0 saturated carbocycles. The van der Waals surface area contributed by atoms with E-state index < -0.39 is 5.97 Å². The molecule has 0 fully saturated rings. The van der Waals surface area contributed by atoms with Gasteiger partial charge in [0.25, 0.3) is 5.91 Å². The molecule has 1 aromatic carbocycles. The molecule has 1 heterocycles. The van der Waals surface area contributed by atoms with Crippen LogP contribution in [-0.4, -0.2) is 34.2 Å². The molecule has 2 N–H and O–H groups in total. The zero-order valence-corrected chi connectivity index (χ0v) is 10.4. The van der Waals surface area contributed by atoms with Crippen LogP contribution in [0.4, 0.5) is 5.95 Å². The zero-order chi connectivity index (χ0) is 13.8. The number of aromatic amines is 1. The summed E-state index contributed by atoms with van der Waals surface area (Å²) < 4.78 is 4.47. The Morgan fingerprint density at radius 1 is 1.37 bits per heavy atom. The molecule has 0 unspecified atom stereocenters. The van der Waals surface area contributed by atoms with Crippen LogP contribution in [0, 0.1) is 6.92 Å². The second-order valence-corrected chi connectivity index (χ2v) is 3.82. The number of H-pyrrole nitrogens is 1. The van der Waals surface area contributed by atoms with E-state index in [1.54, 1.807) is 18.2 Å². The Kier molecular flexibility index (Phi) is 3.56. The number of carbonyl (C=O) groups excluding carboxylic acids is 2. The van der Waals surface area contributed by atoms with E-state index in [-0.39, 0.29) is 17.7 Å². The van der Waals surface area contributed by atoms with Gasteiger partial charge in [-0.2, -0.15) is 4.98 Å². The number of rotatable bonds is 3. The fraction of sp³-hybridized carbons (Fsp3) is 0.167. The number of hydrogen-bond acceptors (Lipinski definition) is 5. The Balaban J connectivity index is 2.11. The van der Waals surface area contributed by atoms with Gasteiger partial charge in [0.15, 0.2) is 0 Å². The van der Waals surface area contributed by atoms with Gasteiger partial charge >= 0.3 is 5.97 Å². The maximum atomic E-state index is 11.9. The quantitative estimate of drug-likeness (QED) is 0.807. The number of nitrogens with zero attached hydrogens (tertiary/aromatic N) is 2. The number of esters is 1. The SMILES string of the molecule is COC(=O)c1nc(NC(=O)c2cccc(C)c2)n[nH]1. The second kappa shape index (κ2) is 5.30. The highest BCUT2D eigenvalue weighted by Crippen LogP contribution is 2.07. The van der Waals surface area contributed by atoms with Crippen molar-refractivity contribution in [2.75, 3.05) is 12.4 Å². The number of aromatic nitrogens is 3. The average Bonchev–Trinajstić information content (AvgIpc) is 2.86. The van der Waals surface area contributed by atoms with Gasteiger partial charge in [-0.15, -0.1) is 5.10 Å². The van der Waals surface area contributed by atoms with Crippen LogP contribution in [0.3, 0.4) is 0 Å². The normalized spacial score (nSPS) is 10.0. The second-order valence-electron chi connectivity index (χ2n) is 3.82. The van der Waals surface area contributed by atoms with Crippen LogP contribution >= 0.6 is 0 Å². The molecule has 0 aliphatic heterocycles. The first-order valence-corrected chi connectivity index (χ1v) is 5.49. The molecule has 1 aromatic heterocycles. The lowest BCUT2D eigenvalue weighted by molar-refractivity contribution is 0.0587. The van der Waals surface area contributed by atoms with Crippen molar-refractivity contribution in [2.45, 2.75) is 6.92 Å². The first-order chi connectivity index (χ1) is 9.10. The van der Waals surface area contributed by atoms with Crippen molar-refractivity contribution in [1.82, 2.24) is 15.2 Å². The molecule has 0 bridgehead atoms. The van der Waals surface area contributed by atoms with Gasteiger partial charge in [0, 0.05) is 5.56 Å². The van der Waals surface area contributed by atoms with Gasteiger partial charge in [-0.3, -0.25) is 15.2 Å². The van der Waals surface area contributed by atoms with E-state index in [2.05, 4.69) is 25.2 Å². The summed E-state index contributed by atoms with van der Waals surface area (Å²) in [5.41, 5.74) is 1.46. The van der Waals surface area contributed by atoms with Crippen LogP contribution < -0.4 is 5.32 Å². The predicted molar refractivity (Wildman–Crippen MR) is 66.9 cm³/mol. The molecule has 98 valence electrons. The van der Waals surface area contributed by atoms with Gasteiger partial charge in [-0.25, -0.2) is 4.79 Å². The molecule has 2 aromatic rings. The summed E-state index contributed by atoms with van der Waals surface area (Å²) in [5, 5.41) is 8.56.